The molecular weight excluding hydrogens is 356 g/mol. The van der Waals surface area contributed by atoms with E-state index in [1.807, 2.05) is 11.1 Å². The quantitative estimate of drug-likeness (QED) is 0.711. The van der Waals surface area contributed by atoms with E-state index in [4.69, 9.17) is 5.11 Å². The highest BCUT2D eigenvalue weighted by Crippen LogP contribution is 2.24. The summed E-state index contributed by atoms with van der Waals surface area (Å²) in [5.41, 5.74) is 3.70. The summed E-state index contributed by atoms with van der Waals surface area (Å²) in [6, 6.07) is 6.46. The number of hydrogen-bond acceptors (Lipinski definition) is 3. The Morgan fingerprint density at radius 1 is 1.29 bits per heavy atom. The molecule has 0 unspecified atom stereocenters. The highest BCUT2D eigenvalue weighted by Gasteiger charge is 2.24. The summed E-state index contributed by atoms with van der Waals surface area (Å²) >= 11 is 0. The fourth-order valence-corrected chi connectivity index (χ4v) is 3.93. The molecule has 1 saturated heterocycles. The number of carboxylic acids is 1. The number of H-pyrrole nitrogens is 1. The fourth-order valence-electron chi connectivity index (χ4n) is 3.93. The van der Waals surface area contributed by atoms with Crippen LogP contribution in [0.25, 0.3) is 10.9 Å². The van der Waals surface area contributed by atoms with Crippen molar-refractivity contribution in [1.29, 1.82) is 0 Å². The standard InChI is InChI=1S/C21H24N4O3/c1-14-2-4-19-18(10-14)15(11-22-19)3-5-20(26)24-8-6-17(7-9-24)25-13-16(12-23-25)21(27)28/h2,4,10-13,17,22H,3,5-9H2,1H3,(H,27,28). The lowest BCUT2D eigenvalue weighted by molar-refractivity contribution is -0.132. The highest BCUT2D eigenvalue weighted by molar-refractivity contribution is 5.87. The largest absolute Gasteiger partial charge is 0.478 e. The number of rotatable bonds is 5. The number of piperidine rings is 1. The van der Waals surface area contributed by atoms with Crippen molar-refractivity contribution in [3.8, 4) is 0 Å². The van der Waals surface area contributed by atoms with Gasteiger partial charge in [0, 0.05) is 42.8 Å². The molecule has 146 valence electrons. The van der Waals surface area contributed by atoms with Crippen LogP contribution in [0.4, 0.5) is 0 Å². The highest BCUT2D eigenvalue weighted by atomic mass is 16.4. The van der Waals surface area contributed by atoms with Crippen LogP contribution < -0.4 is 0 Å². The van der Waals surface area contributed by atoms with Gasteiger partial charge in [-0.3, -0.25) is 9.48 Å². The SMILES string of the molecule is Cc1ccc2[nH]cc(CCC(=O)N3CCC(n4cc(C(=O)O)cn4)CC3)c2c1. The van der Waals surface area contributed by atoms with Gasteiger partial charge in [0.25, 0.3) is 0 Å². The van der Waals surface area contributed by atoms with Gasteiger partial charge in [-0.1, -0.05) is 11.6 Å². The molecule has 2 N–H and O–H groups in total. The van der Waals surface area contributed by atoms with E-state index >= 15 is 0 Å². The van der Waals surface area contributed by atoms with Gasteiger partial charge in [-0.05, 0) is 43.9 Å². The Labute approximate surface area is 163 Å². The van der Waals surface area contributed by atoms with Crippen molar-refractivity contribution >= 4 is 22.8 Å². The number of hydrogen-bond donors (Lipinski definition) is 2. The molecule has 4 rings (SSSR count). The topological polar surface area (TPSA) is 91.2 Å². The van der Waals surface area contributed by atoms with Gasteiger partial charge in [-0.2, -0.15) is 5.10 Å². The predicted molar refractivity (Wildman–Crippen MR) is 105 cm³/mol. The summed E-state index contributed by atoms with van der Waals surface area (Å²) in [5, 5.41) is 14.4. The molecule has 3 aromatic rings. The molecular formula is C21H24N4O3. The molecule has 0 atom stereocenters. The van der Waals surface area contributed by atoms with Crippen LogP contribution in [0.1, 0.15) is 46.8 Å². The van der Waals surface area contributed by atoms with Crippen molar-refractivity contribution in [3.63, 3.8) is 0 Å². The number of benzene rings is 1. The van der Waals surface area contributed by atoms with Crippen molar-refractivity contribution in [2.75, 3.05) is 13.1 Å². The molecule has 0 radical (unpaired) electrons. The number of carbonyl (C=O) groups excluding carboxylic acids is 1. The first-order valence-corrected chi connectivity index (χ1v) is 9.63. The molecule has 1 aliphatic heterocycles. The first-order valence-electron chi connectivity index (χ1n) is 9.63. The maximum absolute atomic E-state index is 12.6. The molecule has 0 aliphatic carbocycles. The number of fused-ring (bicyclic) bond motifs is 1. The number of aromatic amines is 1. The van der Waals surface area contributed by atoms with E-state index in [1.165, 1.54) is 22.7 Å². The lowest BCUT2D eigenvalue weighted by Gasteiger charge is -2.32. The second-order valence-electron chi connectivity index (χ2n) is 7.49. The molecule has 0 bridgehead atoms. The number of amides is 1. The molecule has 0 spiro atoms. The minimum Gasteiger partial charge on any atom is -0.478 e. The van der Waals surface area contributed by atoms with Crippen LogP contribution in [-0.4, -0.2) is 49.7 Å². The van der Waals surface area contributed by atoms with Crippen LogP contribution in [0.5, 0.6) is 0 Å². The van der Waals surface area contributed by atoms with E-state index in [9.17, 15) is 9.59 Å². The van der Waals surface area contributed by atoms with Gasteiger partial charge in [0.15, 0.2) is 0 Å². The normalized spacial score (nSPS) is 15.2. The minimum atomic E-state index is -0.966. The lowest BCUT2D eigenvalue weighted by Crippen LogP contribution is -2.39. The van der Waals surface area contributed by atoms with Gasteiger partial charge in [0.05, 0.1) is 17.8 Å². The minimum absolute atomic E-state index is 0.147. The summed E-state index contributed by atoms with van der Waals surface area (Å²) in [6.07, 6.45) is 7.75. The van der Waals surface area contributed by atoms with Gasteiger partial charge in [0.1, 0.15) is 0 Å². The number of likely N-dealkylation sites (tertiary alicyclic amines) is 1. The van der Waals surface area contributed by atoms with E-state index in [0.717, 1.165) is 24.8 Å². The van der Waals surface area contributed by atoms with Gasteiger partial charge in [0.2, 0.25) is 5.91 Å². The molecule has 7 heteroatoms. The van der Waals surface area contributed by atoms with Crippen molar-refractivity contribution in [1.82, 2.24) is 19.7 Å². The zero-order chi connectivity index (χ0) is 19.7. The maximum Gasteiger partial charge on any atom is 0.338 e. The summed E-state index contributed by atoms with van der Waals surface area (Å²) in [4.78, 5) is 28.8. The van der Waals surface area contributed by atoms with E-state index < -0.39 is 5.97 Å². The fraction of sp³-hybridized carbons (Fsp3) is 0.381. The number of aromatic carboxylic acids is 1. The number of aryl methyl sites for hydroxylation is 2. The molecule has 1 aromatic carbocycles. The smallest absolute Gasteiger partial charge is 0.338 e. The van der Waals surface area contributed by atoms with E-state index in [2.05, 4.69) is 35.2 Å². The maximum atomic E-state index is 12.6. The van der Waals surface area contributed by atoms with Crippen LogP contribution >= 0.6 is 0 Å². The van der Waals surface area contributed by atoms with Gasteiger partial charge >= 0.3 is 5.97 Å². The average molecular weight is 380 g/mol. The first-order chi connectivity index (χ1) is 13.5. The summed E-state index contributed by atoms with van der Waals surface area (Å²) < 4.78 is 1.72. The Kier molecular flexibility index (Phi) is 4.90. The van der Waals surface area contributed by atoms with Crippen molar-refractivity contribution in [2.24, 2.45) is 0 Å². The average Bonchev–Trinajstić information content (AvgIpc) is 3.33. The van der Waals surface area contributed by atoms with Gasteiger partial charge < -0.3 is 15.0 Å². The zero-order valence-electron chi connectivity index (χ0n) is 15.9. The predicted octanol–water partition coefficient (Wildman–Crippen LogP) is 3.17. The first kappa shape index (κ1) is 18.3. The van der Waals surface area contributed by atoms with Gasteiger partial charge in [-0.15, -0.1) is 0 Å². The summed E-state index contributed by atoms with van der Waals surface area (Å²) in [5.74, 6) is -0.793. The second kappa shape index (κ2) is 7.50. The van der Waals surface area contributed by atoms with Crippen LogP contribution in [0, 0.1) is 6.92 Å². The van der Waals surface area contributed by atoms with Gasteiger partial charge in [-0.25, -0.2) is 4.79 Å². The molecule has 0 saturated carbocycles. The van der Waals surface area contributed by atoms with Crippen molar-refractivity contribution in [2.45, 2.75) is 38.6 Å². The summed E-state index contributed by atoms with van der Waals surface area (Å²) in [6.45, 7) is 3.43. The van der Waals surface area contributed by atoms with Crippen LogP contribution in [0.3, 0.4) is 0 Å². The van der Waals surface area contributed by atoms with E-state index in [0.29, 0.717) is 19.5 Å². The molecule has 1 amide bonds. The van der Waals surface area contributed by atoms with E-state index in [1.54, 1.807) is 10.9 Å². The Bertz CT molecular complexity index is 1010. The Morgan fingerprint density at radius 3 is 2.79 bits per heavy atom. The summed E-state index contributed by atoms with van der Waals surface area (Å²) in [7, 11) is 0. The Morgan fingerprint density at radius 2 is 2.07 bits per heavy atom. The third-order valence-electron chi connectivity index (χ3n) is 5.57. The van der Waals surface area contributed by atoms with Crippen LogP contribution in [0.2, 0.25) is 0 Å². The molecule has 3 heterocycles. The number of nitrogens with one attached hydrogen (secondary N) is 1. The van der Waals surface area contributed by atoms with Crippen molar-refractivity contribution in [3.05, 3.63) is 53.5 Å². The van der Waals surface area contributed by atoms with Crippen molar-refractivity contribution < 1.29 is 14.7 Å². The number of nitrogens with zero attached hydrogens (tertiary/aromatic N) is 3. The number of carboxylic acid groups (broad SMARTS) is 1. The lowest BCUT2D eigenvalue weighted by atomic mass is 10.0. The third-order valence-corrected chi connectivity index (χ3v) is 5.57. The molecule has 7 nitrogen and oxygen atoms in total. The number of aromatic nitrogens is 3. The molecule has 28 heavy (non-hydrogen) atoms. The molecule has 1 fully saturated rings. The second-order valence-corrected chi connectivity index (χ2v) is 7.49. The zero-order valence-corrected chi connectivity index (χ0v) is 15.9. The van der Waals surface area contributed by atoms with Crippen LogP contribution in [-0.2, 0) is 11.2 Å². The number of carbonyl (C=O) groups is 2. The van der Waals surface area contributed by atoms with E-state index in [-0.39, 0.29) is 17.5 Å². The Balaban J connectivity index is 1.32. The molecule has 2 aromatic heterocycles. The monoisotopic (exact) mass is 380 g/mol. The molecule has 1 aliphatic rings. The van der Waals surface area contributed by atoms with Crippen LogP contribution in [0.15, 0.2) is 36.8 Å². The third kappa shape index (κ3) is 3.65. The Hall–Kier alpha value is -3.09.